The van der Waals surface area contributed by atoms with E-state index >= 15 is 0 Å². The van der Waals surface area contributed by atoms with Gasteiger partial charge in [-0.25, -0.2) is 0 Å². The molecule has 94 heavy (non-hydrogen) atoms. The van der Waals surface area contributed by atoms with E-state index < -0.39 is 0 Å². The summed E-state index contributed by atoms with van der Waals surface area (Å²) in [6.07, 6.45) is 74.1. The van der Waals surface area contributed by atoms with Crippen LogP contribution in [0.15, 0.2) is 372 Å². The predicted octanol–water partition coefficient (Wildman–Crippen LogP) is 23.7. The second-order valence-corrected chi connectivity index (χ2v) is 26.1. The zero-order valence-electron chi connectivity index (χ0n) is 54.0. The van der Waals surface area contributed by atoms with Crippen LogP contribution in [0.3, 0.4) is 0 Å². The van der Waals surface area contributed by atoms with Gasteiger partial charge in [0.1, 0.15) is 0 Å². The minimum absolute atomic E-state index is 0.251. The summed E-state index contributed by atoms with van der Waals surface area (Å²) in [5.74, 6) is 1.13. The third-order valence-electron chi connectivity index (χ3n) is 20.2. The lowest BCUT2D eigenvalue weighted by Crippen LogP contribution is -2.34. The monoisotopic (exact) mass is 1220 g/mol. The molecule has 6 aromatic rings. The van der Waals surface area contributed by atoms with Crippen LogP contribution in [0, 0.1) is 11.8 Å². The minimum Gasteiger partial charge on any atom is -0.338 e. The average Bonchev–Trinajstić information content (AvgIpc) is 1.02. The Morgan fingerprint density at radius 2 is 0.787 bits per heavy atom. The highest BCUT2D eigenvalue weighted by Crippen LogP contribution is 2.43. The van der Waals surface area contributed by atoms with E-state index in [-0.39, 0.29) is 6.04 Å². The first-order chi connectivity index (χ1) is 46.6. The second kappa shape index (κ2) is 28.4. The van der Waals surface area contributed by atoms with Crippen LogP contribution < -0.4 is 14.7 Å². The SMILES string of the molecule is C1=CCCC(N(C2=CCC(C3=CCCC=C3)C=C2)C2=CCC(C3=CCC(N(C4=CC=C(C5=CC=C(c6ccc(N(C7=CCC(c8ccc(N(C9=CC=CCC9)c9ccc(-c%10ccccc%10)cc9)cc8)C=C7)c7ccccc7)cc6)CC5)CC4)c4ccccc4)C=C3)C=C2)=C1. The second-order valence-electron chi connectivity index (χ2n) is 26.1. The van der Waals surface area contributed by atoms with Crippen LogP contribution in [-0.2, 0) is 0 Å². The van der Waals surface area contributed by atoms with Gasteiger partial charge in [0.05, 0.1) is 6.04 Å². The zero-order valence-corrected chi connectivity index (χ0v) is 54.0. The third-order valence-corrected chi connectivity index (χ3v) is 20.2. The van der Waals surface area contributed by atoms with Crippen LogP contribution in [0.5, 0.6) is 0 Å². The normalized spacial score (nSPS) is 21.4. The van der Waals surface area contributed by atoms with Crippen LogP contribution in [0.2, 0.25) is 0 Å². The van der Waals surface area contributed by atoms with E-state index in [2.05, 4.69) is 335 Å². The average molecular weight is 1220 g/mol. The van der Waals surface area contributed by atoms with Crippen molar-refractivity contribution >= 4 is 34.0 Å². The van der Waals surface area contributed by atoms with Crippen molar-refractivity contribution in [3.63, 3.8) is 0 Å². The van der Waals surface area contributed by atoms with Gasteiger partial charge in [-0.2, -0.15) is 0 Å². The number of hydrogen-bond acceptors (Lipinski definition) is 4. The first-order valence-corrected chi connectivity index (χ1v) is 34.7. The first kappa shape index (κ1) is 60.1. The Labute approximate surface area is 558 Å². The number of para-hydroxylation sites is 2. The molecule has 0 bridgehead atoms. The van der Waals surface area contributed by atoms with Gasteiger partial charge in [0.2, 0.25) is 0 Å². The highest BCUT2D eigenvalue weighted by Gasteiger charge is 2.29. The van der Waals surface area contributed by atoms with Gasteiger partial charge in [-0.1, -0.05) is 219 Å². The van der Waals surface area contributed by atoms with Crippen molar-refractivity contribution in [3.8, 4) is 11.1 Å². The van der Waals surface area contributed by atoms with Crippen molar-refractivity contribution in [3.05, 3.63) is 383 Å². The number of hydrogen-bond donors (Lipinski definition) is 0. The van der Waals surface area contributed by atoms with Gasteiger partial charge in [-0.05, 0) is 237 Å². The molecule has 4 unspecified atom stereocenters. The molecule has 0 radical (unpaired) electrons. The summed E-state index contributed by atoms with van der Waals surface area (Å²) in [6.45, 7) is 0. The summed E-state index contributed by atoms with van der Waals surface area (Å²) in [7, 11) is 0. The quantitative estimate of drug-likeness (QED) is 0.0850. The molecule has 0 saturated carbocycles. The minimum atomic E-state index is 0.251. The Morgan fingerprint density at radius 3 is 1.32 bits per heavy atom. The summed E-state index contributed by atoms with van der Waals surface area (Å²) in [5.41, 5.74) is 26.1. The Balaban J connectivity index is 0.593. The fourth-order valence-corrected chi connectivity index (χ4v) is 15.1. The number of anilines is 5. The Morgan fingerprint density at radius 1 is 0.287 bits per heavy atom. The standard InChI is InChI=1S/C90H84N4/c1-7-19-67(20-8-1)71-35-51-83(52-36-71)91(79-23-11-3-12-24-79)87-59-43-75(44-60-87)77-47-63-89(64-48-77)93(81-27-15-5-16-28-81)85-55-39-73(40-56-85)69-31-33-70(34-32-69)74-41-57-86(58-42-74)94(82-29-17-6-18-30-82)90-65-49-78(50-66-90)76-45-61-88(62-46-76)92(80-25-13-4-14-26-80)84-53-37-72(38-54-84)68-21-9-2-10-22-68/h1,3-9,11,13,15-23,25,27-31,33,35-37,39-41,43-45,47,49-57,59-65,72,76-77,90H,2,10,12,14,24,26,32,34,38,42,46,48,58,66H2. The Kier molecular flexibility index (Phi) is 18.1. The lowest BCUT2D eigenvalue weighted by molar-refractivity contribution is 0.510. The molecule has 0 aromatic heterocycles. The Hall–Kier alpha value is -10.2. The van der Waals surface area contributed by atoms with Crippen LogP contribution in [0.25, 0.3) is 16.7 Å². The van der Waals surface area contributed by atoms with Crippen LogP contribution in [0.1, 0.15) is 107 Å². The van der Waals surface area contributed by atoms with E-state index in [9.17, 15) is 0 Å². The van der Waals surface area contributed by atoms with Crippen molar-refractivity contribution in [1.29, 1.82) is 0 Å². The number of allylic oxidation sites excluding steroid dienone is 31. The van der Waals surface area contributed by atoms with Gasteiger partial charge >= 0.3 is 0 Å². The van der Waals surface area contributed by atoms with Crippen molar-refractivity contribution < 1.29 is 0 Å². The summed E-state index contributed by atoms with van der Waals surface area (Å²) >= 11 is 0. The highest BCUT2D eigenvalue weighted by molar-refractivity contribution is 5.77. The molecule has 4 nitrogen and oxygen atoms in total. The summed E-state index contributed by atoms with van der Waals surface area (Å²) in [6, 6.07) is 60.4. The number of rotatable bonds is 18. The van der Waals surface area contributed by atoms with Crippen LogP contribution in [0.4, 0.5) is 28.4 Å². The molecule has 0 amide bonds. The molecule has 4 heteroatoms. The molecule has 0 aliphatic heterocycles. The maximum Gasteiger partial charge on any atom is 0.0556 e. The molecule has 0 N–H and O–H groups in total. The van der Waals surface area contributed by atoms with E-state index in [1.807, 2.05) is 0 Å². The Bertz CT molecular complexity index is 4340. The molecule has 15 rings (SSSR count). The van der Waals surface area contributed by atoms with Crippen molar-refractivity contribution in [2.24, 2.45) is 11.8 Å². The molecule has 9 aliphatic carbocycles. The van der Waals surface area contributed by atoms with E-state index in [4.69, 9.17) is 0 Å². The molecule has 464 valence electrons. The summed E-state index contributed by atoms with van der Waals surface area (Å²) < 4.78 is 0. The highest BCUT2D eigenvalue weighted by atomic mass is 15.2. The molecule has 6 aromatic carbocycles. The van der Waals surface area contributed by atoms with Crippen molar-refractivity contribution in [2.45, 2.75) is 102 Å². The molecular formula is C90H84N4. The molecule has 0 heterocycles. The maximum absolute atomic E-state index is 2.61. The topological polar surface area (TPSA) is 13.0 Å². The fourth-order valence-electron chi connectivity index (χ4n) is 15.1. The van der Waals surface area contributed by atoms with Crippen molar-refractivity contribution in [2.75, 3.05) is 14.7 Å². The summed E-state index contributed by atoms with van der Waals surface area (Å²) in [4.78, 5) is 9.98. The maximum atomic E-state index is 2.61. The van der Waals surface area contributed by atoms with Gasteiger partial charge in [-0.15, -0.1) is 0 Å². The largest absolute Gasteiger partial charge is 0.338 e. The predicted molar refractivity (Wildman–Crippen MR) is 397 cm³/mol. The van der Waals surface area contributed by atoms with Gasteiger partial charge in [-0.3, -0.25) is 0 Å². The third kappa shape index (κ3) is 13.4. The molecular weight excluding hydrogens is 1140 g/mol. The summed E-state index contributed by atoms with van der Waals surface area (Å²) in [5, 5.41) is 0. The number of benzene rings is 6. The molecule has 9 aliphatic rings. The molecule has 0 spiro atoms. The number of nitrogens with zero attached hydrogens (tertiary/aromatic N) is 4. The lowest BCUT2D eigenvalue weighted by Gasteiger charge is -2.37. The van der Waals surface area contributed by atoms with E-state index in [0.29, 0.717) is 17.8 Å². The molecule has 0 saturated heterocycles. The van der Waals surface area contributed by atoms with Gasteiger partial charge in [0.25, 0.3) is 0 Å². The molecule has 0 fully saturated rings. The smallest absolute Gasteiger partial charge is 0.0556 e. The van der Waals surface area contributed by atoms with E-state index in [1.54, 1.807) is 0 Å². The first-order valence-electron chi connectivity index (χ1n) is 34.7. The lowest BCUT2D eigenvalue weighted by atomic mass is 9.85. The zero-order chi connectivity index (χ0) is 62.8. The van der Waals surface area contributed by atoms with E-state index in [0.717, 1.165) is 101 Å². The fraction of sp³-hybridized carbons (Fsp3) is 0.200. The van der Waals surface area contributed by atoms with E-state index in [1.165, 1.54) is 101 Å². The van der Waals surface area contributed by atoms with Gasteiger partial charge < -0.3 is 19.6 Å². The van der Waals surface area contributed by atoms with Crippen LogP contribution in [-0.4, -0.2) is 10.9 Å². The van der Waals surface area contributed by atoms with Gasteiger partial charge in [0.15, 0.2) is 0 Å². The van der Waals surface area contributed by atoms with Crippen LogP contribution >= 0.6 is 0 Å². The van der Waals surface area contributed by atoms with Gasteiger partial charge in [0, 0.05) is 80.4 Å². The molecule has 4 atom stereocenters. The van der Waals surface area contributed by atoms with Crippen molar-refractivity contribution in [1.82, 2.24) is 4.90 Å².